The average Bonchev–Trinajstić information content (AvgIpc) is 2.33. The number of hydrogen-bond acceptors (Lipinski definition) is 3. The van der Waals surface area contributed by atoms with Crippen LogP contribution in [0.4, 0.5) is 0 Å². The summed E-state index contributed by atoms with van der Waals surface area (Å²) in [6.45, 7) is 0. The smallest absolute Gasteiger partial charge is 0.0995 e. The molecule has 0 radical (unpaired) electrons. The standard InChI is InChI=1S/C6H4N2S.ClH/c1-2-7-3-5-6(1)9-4-8-5;/h1-4H;1H. The molecule has 52 valence electrons. The van der Waals surface area contributed by atoms with E-state index in [0.717, 1.165) is 5.52 Å². The molecule has 2 nitrogen and oxygen atoms in total. The third-order valence-corrected chi connectivity index (χ3v) is 1.94. The van der Waals surface area contributed by atoms with Gasteiger partial charge in [-0.25, -0.2) is 4.98 Å². The average molecular weight is 173 g/mol. The van der Waals surface area contributed by atoms with E-state index in [1.165, 1.54) is 4.70 Å². The molecule has 2 rings (SSSR count). The second-order valence-corrected chi connectivity index (χ2v) is 2.58. The van der Waals surface area contributed by atoms with Crippen LogP contribution in [0.25, 0.3) is 10.2 Å². The molecule has 0 aliphatic rings. The molecule has 2 aromatic heterocycles. The normalized spacial score (nSPS) is 9.20. The van der Waals surface area contributed by atoms with E-state index in [1.54, 1.807) is 23.7 Å². The fourth-order valence-corrected chi connectivity index (χ4v) is 1.36. The van der Waals surface area contributed by atoms with E-state index in [4.69, 9.17) is 0 Å². The van der Waals surface area contributed by atoms with Gasteiger partial charge in [0.2, 0.25) is 0 Å². The maximum Gasteiger partial charge on any atom is 0.0995 e. The molecular formula is C6H5ClN2S. The van der Waals surface area contributed by atoms with Gasteiger partial charge >= 0.3 is 0 Å². The quantitative estimate of drug-likeness (QED) is 0.609. The van der Waals surface area contributed by atoms with E-state index in [1.807, 2.05) is 11.6 Å². The summed E-state index contributed by atoms with van der Waals surface area (Å²) in [5, 5.41) is 0. The lowest BCUT2D eigenvalue weighted by Gasteiger charge is -1.80. The second kappa shape index (κ2) is 2.94. The Hall–Kier alpha value is -0.670. The van der Waals surface area contributed by atoms with Crippen LogP contribution in [0.5, 0.6) is 0 Å². The van der Waals surface area contributed by atoms with Crippen LogP contribution < -0.4 is 0 Å². The van der Waals surface area contributed by atoms with Crippen molar-refractivity contribution in [3.05, 3.63) is 24.0 Å². The molecule has 0 aromatic carbocycles. The van der Waals surface area contributed by atoms with Crippen molar-refractivity contribution < 1.29 is 0 Å². The summed E-state index contributed by atoms with van der Waals surface area (Å²) in [7, 11) is 0. The first-order valence-electron chi connectivity index (χ1n) is 2.60. The van der Waals surface area contributed by atoms with Crippen molar-refractivity contribution in [2.45, 2.75) is 0 Å². The van der Waals surface area contributed by atoms with Gasteiger partial charge in [-0.3, -0.25) is 4.98 Å². The predicted molar refractivity (Wildman–Crippen MR) is 44.7 cm³/mol. The fraction of sp³-hybridized carbons (Fsp3) is 0. The molecule has 10 heavy (non-hydrogen) atoms. The van der Waals surface area contributed by atoms with Crippen LogP contribution in [-0.4, -0.2) is 9.97 Å². The monoisotopic (exact) mass is 172 g/mol. The van der Waals surface area contributed by atoms with Crippen molar-refractivity contribution >= 4 is 34.0 Å². The van der Waals surface area contributed by atoms with Gasteiger partial charge in [-0.1, -0.05) is 0 Å². The zero-order valence-corrected chi connectivity index (χ0v) is 6.65. The van der Waals surface area contributed by atoms with Crippen LogP contribution >= 0.6 is 23.7 Å². The van der Waals surface area contributed by atoms with E-state index in [2.05, 4.69) is 9.97 Å². The summed E-state index contributed by atoms with van der Waals surface area (Å²) in [6, 6.07) is 1.97. The van der Waals surface area contributed by atoms with Gasteiger partial charge in [-0.2, -0.15) is 0 Å². The molecule has 0 unspecified atom stereocenters. The summed E-state index contributed by atoms with van der Waals surface area (Å²) in [5.41, 5.74) is 2.81. The molecular weight excluding hydrogens is 168 g/mol. The van der Waals surface area contributed by atoms with Crippen LogP contribution in [0.3, 0.4) is 0 Å². The molecule has 0 atom stereocenters. The third-order valence-electron chi connectivity index (χ3n) is 1.13. The van der Waals surface area contributed by atoms with Crippen LogP contribution in [-0.2, 0) is 0 Å². The SMILES string of the molecule is Cl.c1cc2scnc2cn1. The Bertz CT molecular complexity index is 290. The molecule has 0 amide bonds. The maximum absolute atomic E-state index is 4.07. The number of thiazole rings is 1. The van der Waals surface area contributed by atoms with Crippen LogP contribution in [0.1, 0.15) is 0 Å². The van der Waals surface area contributed by atoms with E-state index < -0.39 is 0 Å². The third kappa shape index (κ3) is 1.10. The Balaban J connectivity index is 0.000000500. The highest BCUT2D eigenvalue weighted by Crippen LogP contribution is 2.14. The van der Waals surface area contributed by atoms with Crippen molar-refractivity contribution in [1.82, 2.24) is 9.97 Å². The van der Waals surface area contributed by atoms with Gasteiger partial charge in [0.05, 0.1) is 21.9 Å². The second-order valence-electron chi connectivity index (χ2n) is 1.70. The topological polar surface area (TPSA) is 25.8 Å². The van der Waals surface area contributed by atoms with E-state index in [0.29, 0.717) is 0 Å². The number of halogens is 1. The van der Waals surface area contributed by atoms with Crippen LogP contribution in [0, 0.1) is 0 Å². The zero-order valence-electron chi connectivity index (χ0n) is 5.02. The van der Waals surface area contributed by atoms with E-state index >= 15 is 0 Å². The minimum absolute atomic E-state index is 0. The summed E-state index contributed by atoms with van der Waals surface area (Å²) in [4.78, 5) is 8.00. The van der Waals surface area contributed by atoms with Gasteiger partial charge in [0.25, 0.3) is 0 Å². The van der Waals surface area contributed by atoms with Crippen LogP contribution in [0.15, 0.2) is 24.0 Å². The molecule has 0 aliphatic heterocycles. The first kappa shape index (κ1) is 7.44. The summed E-state index contributed by atoms with van der Waals surface area (Å²) >= 11 is 1.64. The minimum atomic E-state index is 0. The predicted octanol–water partition coefficient (Wildman–Crippen LogP) is 2.11. The Kier molecular flexibility index (Phi) is 2.19. The van der Waals surface area contributed by atoms with Crippen molar-refractivity contribution in [1.29, 1.82) is 0 Å². The molecule has 0 N–H and O–H groups in total. The maximum atomic E-state index is 4.07. The molecule has 2 heterocycles. The highest BCUT2D eigenvalue weighted by molar-refractivity contribution is 7.16. The van der Waals surface area contributed by atoms with Crippen molar-refractivity contribution in [3.63, 3.8) is 0 Å². The summed E-state index contributed by atoms with van der Waals surface area (Å²) < 4.78 is 1.20. The molecule has 0 bridgehead atoms. The van der Waals surface area contributed by atoms with Gasteiger partial charge in [0.1, 0.15) is 0 Å². The molecule has 0 spiro atoms. The zero-order chi connectivity index (χ0) is 6.10. The fourth-order valence-electron chi connectivity index (χ4n) is 0.710. The molecule has 0 fully saturated rings. The van der Waals surface area contributed by atoms with Gasteiger partial charge in [-0.05, 0) is 6.07 Å². The number of pyridine rings is 1. The number of rotatable bonds is 0. The van der Waals surface area contributed by atoms with Gasteiger partial charge in [0.15, 0.2) is 0 Å². The summed E-state index contributed by atoms with van der Waals surface area (Å²) in [5.74, 6) is 0. The number of aromatic nitrogens is 2. The lowest BCUT2D eigenvalue weighted by atomic mass is 10.5. The lowest BCUT2D eigenvalue weighted by Crippen LogP contribution is -1.67. The Morgan fingerprint density at radius 1 is 1.40 bits per heavy atom. The number of fused-ring (bicyclic) bond motifs is 1. The Morgan fingerprint density at radius 2 is 2.30 bits per heavy atom. The highest BCUT2D eigenvalue weighted by Gasteiger charge is 1.90. The van der Waals surface area contributed by atoms with Gasteiger partial charge < -0.3 is 0 Å². The van der Waals surface area contributed by atoms with E-state index in [-0.39, 0.29) is 12.4 Å². The minimum Gasteiger partial charge on any atom is -0.262 e. The molecule has 4 heteroatoms. The number of nitrogens with zero attached hydrogens (tertiary/aromatic N) is 2. The Labute approximate surface area is 68.3 Å². The largest absolute Gasteiger partial charge is 0.262 e. The molecule has 2 aromatic rings. The molecule has 0 aliphatic carbocycles. The van der Waals surface area contributed by atoms with Crippen molar-refractivity contribution in [3.8, 4) is 0 Å². The summed E-state index contributed by atoms with van der Waals surface area (Å²) in [6.07, 6.45) is 3.55. The van der Waals surface area contributed by atoms with Crippen LogP contribution in [0.2, 0.25) is 0 Å². The van der Waals surface area contributed by atoms with Crippen molar-refractivity contribution in [2.75, 3.05) is 0 Å². The molecule has 0 saturated heterocycles. The number of hydrogen-bond donors (Lipinski definition) is 0. The Morgan fingerprint density at radius 3 is 3.10 bits per heavy atom. The lowest BCUT2D eigenvalue weighted by molar-refractivity contribution is 1.34. The van der Waals surface area contributed by atoms with E-state index in [9.17, 15) is 0 Å². The molecule has 0 saturated carbocycles. The van der Waals surface area contributed by atoms with Gasteiger partial charge in [0, 0.05) is 6.20 Å². The highest BCUT2D eigenvalue weighted by atomic mass is 35.5. The van der Waals surface area contributed by atoms with Crippen molar-refractivity contribution in [2.24, 2.45) is 0 Å². The first-order valence-corrected chi connectivity index (χ1v) is 3.48. The first-order chi connectivity index (χ1) is 4.47. The van der Waals surface area contributed by atoms with Gasteiger partial charge in [-0.15, -0.1) is 23.7 Å².